The van der Waals surface area contributed by atoms with Gasteiger partial charge in [0.2, 0.25) is 0 Å². The fourth-order valence-electron chi connectivity index (χ4n) is 1.79. The molecule has 1 aliphatic carbocycles. The molecule has 3 heteroatoms. The van der Waals surface area contributed by atoms with Crippen molar-refractivity contribution >= 4 is 0 Å². The summed E-state index contributed by atoms with van der Waals surface area (Å²) >= 11 is 0. The molecule has 75 valence electrons. The maximum absolute atomic E-state index is 12.4. The molecule has 0 saturated heterocycles. The number of rotatable bonds is 1. The van der Waals surface area contributed by atoms with Gasteiger partial charge in [-0.3, -0.25) is 0 Å². The van der Waals surface area contributed by atoms with Crippen molar-refractivity contribution in [3.8, 4) is 0 Å². The van der Waals surface area contributed by atoms with Crippen molar-refractivity contribution in [2.24, 2.45) is 5.92 Å². The van der Waals surface area contributed by atoms with Crippen LogP contribution in [0.4, 0.5) is 13.2 Å². The number of halogens is 3. The third-order valence-electron chi connectivity index (χ3n) is 2.66. The summed E-state index contributed by atoms with van der Waals surface area (Å²) in [6.45, 7) is 0. The van der Waals surface area contributed by atoms with Crippen LogP contribution in [0.15, 0.2) is 30.3 Å². The summed E-state index contributed by atoms with van der Waals surface area (Å²) in [5, 5.41) is 0. The number of benzene rings is 1. The predicted molar refractivity (Wildman–Crippen MR) is 47.6 cm³/mol. The molecule has 1 atom stereocenters. The van der Waals surface area contributed by atoms with Crippen LogP contribution in [0.2, 0.25) is 0 Å². The lowest BCUT2D eigenvalue weighted by molar-refractivity contribution is -0.182. The van der Waals surface area contributed by atoms with Crippen LogP contribution in [0.5, 0.6) is 0 Å². The van der Waals surface area contributed by atoms with Gasteiger partial charge in [0.25, 0.3) is 0 Å². The first kappa shape index (κ1) is 9.56. The van der Waals surface area contributed by atoms with E-state index in [2.05, 4.69) is 0 Å². The van der Waals surface area contributed by atoms with Crippen LogP contribution < -0.4 is 0 Å². The van der Waals surface area contributed by atoms with Crippen LogP contribution in [-0.2, 0) is 0 Å². The van der Waals surface area contributed by atoms with Gasteiger partial charge in [0, 0.05) is 5.92 Å². The fraction of sp³-hybridized carbons (Fsp3) is 0.364. The summed E-state index contributed by atoms with van der Waals surface area (Å²) in [6, 6.07) is 8.84. The summed E-state index contributed by atoms with van der Waals surface area (Å²) in [7, 11) is 0. The van der Waals surface area contributed by atoms with Crippen LogP contribution in [-0.4, -0.2) is 6.18 Å². The van der Waals surface area contributed by atoms with Crippen molar-refractivity contribution < 1.29 is 13.2 Å². The Bertz CT molecular complexity index is 302. The quantitative estimate of drug-likeness (QED) is 0.648. The molecule has 0 heterocycles. The summed E-state index contributed by atoms with van der Waals surface area (Å²) in [5.74, 6) is -0.664. The first-order valence-corrected chi connectivity index (χ1v) is 4.57. The maximum Gasteiger partial charge on any atom is 0.392 e. The first-order chi connectivity index (χ1) is 6.59. The summed E-state index contributed by atoms with van der Waals surface area (Å²) in [6.07, 6.45) is -3.24. The van der Waals surface area contributed by atoms with Gasteiger partial charge >= 0.3 is 6.18 Å². The highest BCUT2D eigenvalue weighted by atomic mass is 19.4. The zero-order valence-electron chi connectivity index (χ0n) is 7.51. The van der Waals surface area contributed by atoms with Gasteiger partial charge in [-0.05, 0) is 18.4 Å². The standard InChI is InChI=1S/C11H10F3/c12-11(13,14)10-7-6-9(10)8-4-2-1-3-5-8/h1-5,10H,6-7H2. The van der Waals surface area contributed by atoms with Gasteiger partial charge in [-0.15, -0.1) is 0 Å². The van der Waals surface area contributed by atoms with Gasteiger partial charge in [0.15, 0.2) is 0 Å². The largest absolute Gasteiger partial charge is 0.392 e. The van der Waals surface area contributed by atoms with E-state index in [1.807, 2.05) is 6.07 Å². The fourth-order valence-corrected chi connectivity index (χ4v) is 1.79. The van der Waals surface area contributed by atoms with E-state index in [0.29, 0.717) is 12.3 Å². The third kappa shape index (κ3) is 1.63. The molecule has 1 saturated carbocycles. The topological polar surface area (TPSA) is 0 Å². The van der Waals surface area contributed by atoms with E-state index in [4.69, 9.17) is 0 Å². The van der Waals surface area contributed by atoms with Gasteiger partial charge in [-0.2, -0.15) is 13.2 Å². The smallest absolute Gasteiger partial charge is 0.171 e. The predicted octanol–water partition coefficient (Wildman–Crippen LogP) is 3.58. The van der Waals surface area contributed by atoms with Crippen LogP contribution in [0, 0.1) is 11.8 Å². The zero-order valence-corrected chi connectivity index (χ0v) is 7.51. The van der Waals surface area contributed by atoms with Crippen molar-refractivity contribution in [1.29, 1.82) is 0 Å². The average Bonchev–Trinajstić information content (AvgIpc) is 2.00. The Morgan fingerprint density at radius 1 is 1.07 bits per heavy atom. The highest BCUT2D eigenvalue weighted by Crippen LogP contribution is 2.49. The second kappa shape index (κ2) is 3.30. The Labute approximate surface area is 80.7 Å². The van der Waals surface area contributed by atoms with Gasteiger partial charge in [-0.1, -0.05) is 30.3 Å². The minimum absolute atomic E-state index is 0.244. The van der Waals surface area contributed by atoms with E-state index in [9.17, 15) is 13.2 Å². The Balaban J connectivity index is 2.15. The molecule has 1 fully saturated rings. The molecule has 0 bridgehead atoms. The van der Waals surface area contributed by atoms with E-state index >= 15 is 0 Å². The van der Waals surface area contributed by atoms with Crippen molar-refractivity contribution in [3.05, 3.63) is 41.8 Å². The lowest BCUT2D eigenvalue weighted by Crippen LogP contribution is -2.37. The molecule has 0 nitrogen and oxygen atoms in total. The van der Waals surface area contributed by atoms with E-state index in [0.717, 1.165) is 5.56 Å². The van der Waals surface area contributed by atoms with Crippen molar-refractivity contribution in [2.45, 2.75) is 19.0 Å². The first-order valence-electron chi connectivity index (χ1n) is 4.57. The molecule has 1 aromatic carbocycles. The Morgan fingerprint density at radius 3 is 2.14 bits per heavy atom. The minimum atomic E-state index is -4.07. The monoisotopic (exact) mass is 199 g/mol. The van der Waals surface area contributed by atoms with E-state index in [-0.39, 0.29) is 6.42 Å². The van der Waals surface area contributed by atoms with Gasteiger partial charge in [-0.25, -0.2) is 0 Å². The highest BCUT2D eigenvalue weighted by Gasteiger charge is 2.50. The molecule has 1 unspecified atom stereocenters. The molecule has 0 N–H and O–H groups in total. The summed E-state index contributed by atoms with van der Waals surface area (Å²) in [5.41, 5.74) is 0.737. The van der Waals surface area contributed by atoms with Crippen LogP contribution in [0.25, 0.3) is 0 Å². The van der Waals surface area contributed by atoms with Crippen LogP contribution in [0.1, 0.15) is 18.4 Å². The number of hydrogen-bond donors (Lipinski definition) is 0. The third-order valence-corrected chi connectivity index (χ3v) is 2.66. The summed E-state index contributed by atoms with van der Waals surface area (Å²) in [4.78, 5) is 0. The molecular weight excluding hydrogens is 189 g/mol. The average molecular weight is 199 g/mol. The molecule has 0 aliphatic heterocycles. The Morgan fingerprint density at radius 2 is 1.71 bits per heavy atom. The molecule has 1 aromatic rings. The van der Waals surface area contributed by atoms with E-state index in [1.165, 1.54) is 0 Å². The van der Waals surface area contributed by atoms with Crippen molar-refractivity contribution in [2.75, 3.05) is 0 Å². The molecule has 14 heavy (non-hydrogen) atoms. The summed E-state index contributed by atoms with van der Waals surface area (Å²) < 4.78 is 37.2. The Hall–Kier alpha value is -0.990. The SMILES string of the molecule is FC(F)(F)C1CC[C]1c1ccccc1. The molecular formula is C11H10F3. The molecule has 0 spiro atoms. The molecule has 0 amide bonds. The number of alkyl halides is 3. The second-order valence-electron chi connectivity index (χ2n) is 3.52. The zero-order chi connectivity index (χ0) is 10.2. The van der Waals surface area contributed by atoms with Crippen molar-refractivity contribution in [1.82, 2.24) is 0 Å². The molecule has 2 rings (SSSR count). The molecule has 1 radical (unpaired) electrons. The number of hydrogen-bond acceptors (Lipinski definition) is 0. The highest BCUT2D eigenvalue weighted by molar-refractivity contribution is 5.36. The molecule has 0 aromatic heterocycles. The van der Waals surface area contributed by atoms with Crippen LogP contribution in [0.3, 0.4) is 0 Å². The minimum Gasteiger partial charge on any atom is -0.171 e. The lowest BCUT2D eigenvalue weighted by atomic mass is 9.69. The second-order valence-corrected chi connectivity index (χ2v) is 3.52. The maximum atomic E-state index is 12.4. The Kier molecular flexibility index (Phi) is 2.25. The van der Waals surface area contributed by atoms with E-state index in [1.54, 1.807) is 24.3 Å². The lowest BCUT2D eigenvalue weighted by Gasteiger charge is -2.37. The van der Waals surface area contributed by atoms with Gasteiger partial charge in [0.1, 0.15) is 0 Å². The van der Waals surface area contributed by atoms with E-state index < -0.39 is 12.1 Å². The van der Waals surface area contributed by atoms with Crippen LogP contribution >= 0.6 is 0 Å². The van der Waals surface area contributed by atoms with Crippen molar-refractivity contribution in [3.63, 3.8) is 0 Å². The van der Waals surface area contributed by atoms with Gasteiger partial charge in [0.05, 0.1) is 5.92 Å². The van der Waals surface area contributed by atoms with Gasteiger partial charge < -0.3 is 0 Å². The normalized spacial score (nSPS) is 23.2. The molecule has 1 aliphatic rings.